The molecule has 0 N–H and O–H groups in total. The number of rotatable bonds is 6. The van der Waals surface area contributed by atoms with Gasteiger partial charge in [-0.25, -0.2) is 0 Å². The van der Waals surface area contributed by atoms with Crippen LogP contribution in [-0.2, 0) is 0 Å². The van der Waals surface area contributed by atoms with E-state index in [4.69, 9.17) is 9.15 Å². The molecule has 0 aliphatic carbocycles. The molecule has 0 spiro atoms. The smallest absolute Gasteiger partial charge is 0.291 e. The van der Waals surface area contributed by atoms with E-state index in [1.54, 1.807) is 12.2 Å². The van der Waals surface area contributed by atoms with Crippen molar-refractivity contribution in [3.63, 3.8) is 0 Å². The number of benzene rings is 2. The number of halogens is 1. The van der Waals surface area contributed by atoms with Gasteiger partial charge in [0, 0.05) is 16.1 Å². The summed E-state index contributed by atoms with van der Waals surface area (Å²) in [5, 5.41) is 4.34. The molecule has 0 saturated heterocycles. The number of hydrogen-bond donors (Lipinski definition) is 0. The molecular weight excluding hydrogens is 502 g/mol. The predicted molar refractivity (Wildman–Crippen MR) is 134 cm³/mol. The first-order valence-corrected chi connectivity index (χ1v) is 11.9. The molecule has 8 heteroatoms. The predicted octanol–water partition coefficient (Wildman–Crippen LogP) is 5.29. The third-order valence-corrected chi connectivity index (χ3v) is 6.28. The molecule has 0 saturated carbocycles. The van der Waals surface area contributed by atoms with Crippen molar-refractivity contribution in [3.05, 3.63) is 97.2 Å². The molecule has 0 aliphatic rings. The van der Waals surface area contributed by atoms with Crippen LogP contribution in [0.5, 0.6) is 5.75 Å². The normalized spacial score (nSPS) is 12.2. The zero-order valence-electron chi connectivity index (χ0n) is 17.6. The lowest BCUT2D eigenvalue weighted by Gasteiger charge is -2.01. The summed E-state index contributed by atoms with van der Waals surface area (Å²) in [6.45, 7) is 2.58. The van der Waals surface area contributed by atoms with Crippen LogP contribution in [0.1, 0.15) is 24.1 Å². The van der Waals surface area contributed by atoms with E-state index in [-0.39, 0.29) is 5.56 Å². The van der Waals surface area contributed by atoms with E-state index in [0.29, 0.717) is 27.7 Å². The van der Waals surface area contributed by atoms with Crippen LogP contribution in [0.3, 0.4) is 0 Å². The van der Waals surface area contributed by atoms with E-state index in [0.717, 1.165) is 27.1 Å². The summed E-state index contributed by atoms with van der Waals surface area (Å²) in [6, 6.07) is 19.3. The van der Waals surface area contributed by atoms with Gasteiger partial charge in [-0.2, -0.15) is 9.50 Å². The molecular formula is C25H18BrN3O3S. The highest BCUT2D eigenvalue weighted by atomic mass is 79.9. The molecule has 33 heavy (non-hydrogen) atoms. The molecule has 0 fully saturated rings. The van der Waals surface area contributed by atoms with Gasteiger partial charge < -0.3 is 9.15 Å². The van der Waals surface area contributed by atoms with Gasteiger partial charge in [0.05, 0.1) is 6.61 Å². The third kappa shape index (κ3) is 4.67. The maximum atomic E-state index is 12.8. The van der Waals surface area contributed by atoms with Crippen molar-refractivity contribution in [1.29, 1.82) is 0 Å². The number of hydrogen-bond acceptors (Lipinski definition) is 6. The SMILES string of the molecule is CCOc1ccc(/C=C/c2nc3s/c(=C\c4ccc(-c5cccc(Br)c5)o4)c(=O)n3n2)cc1. The Balaban J connectivity index is 1.38. The Morgan fingerprint density at radius 3 is 2.73 bits per heavy atom. The largest absolute Gasteiger partial charge is 0.494 e. The molecule has 6 nitrogen and oxygen atoms in total. The second-order valence-corrected chi connectivity index (χ2v) is 9.05. The first-order chi connectivity index (χ1) is 16.1. The van der Waals surface area contributed by atoms with Crippen LogP contribution in [0, 0.1) is 0 Å². The monoisotopic (exact) mass is 519 g/mol. The minimum atomic E-state index is -0.219. The minimum Gasteiger partial charge on any atom is -0.494 e. The quantitative estimate of drug-likeness (QED) is 0.304. The van der Waals surface area contributed by atoms with Gasteiger partial charge >= 0.3 is 0 Å². The van der Waals surface area contributed by atoms with E-state index >= 15 is 0 Å². The molecule has 0 atom stereocenters. The molecule has 3 heterocycles. The highest BCUT2D eigenvalue weighted by Gasteiger charge is 2.10. The van der Waals surface area contributed by atoms with E-state index < -0.39 is 0 Å². The van der Waals surface area contributed by atoms with Crippen molar-refractivity contribution in [2.45, 2.75) is 6.92 Å². The molecule has 0 amide bonds. The van der Waals surface area contributed by atoms with E-state index in [1.807, 2.05) is 73.7 Å². The summed E-state index contributed by atoms with van der Waals surface area (Å²) < 4.78 is 14.2. The number of fused-ring (bicyclic) bond motifs is 1. The molecule has 0 radical (unpaired) electrons. The number of nitrogens with zero attached hydrogens (tertiary/aromatic N) is 3. The lowest BCUT2D eigenvalue weighted by atomic mass is 10.2. The fourth-order valence-corrected chi connectivity index (χ4v) is 4.58. The van der Waals surface area contributed by atoms with Crippen LogP contribution >= 0.6 is 27.3 Å². The molecule has 5 aromatic rings. The maximum Gasteiger partial charge on any atom is 0.291 e. The fraction of sp³-hybridized carbons (Fsp3) is 0.0800. The lowest BCUT2D eigenvalue weighted by molar-refractivity contribution is 0.340. The Kier molecular flexibility index (Phi) is 5.93. The van der Waals surface area contributed by atoms with Gasteiger partial charge in [-0.1, -0.05) is 57.6 Å². The summed E-state index contributed by atoms with van der Waals surface area (Å²) in [7, 11) is 0. The highest BCUT2D eigenvalue weighted by Crippen LogP contribution is 2.25. The van der Waals surface area contributed by atoms with Crippen molar-refractivity contribution < 1.29 is 9.15 Å². The number of furan rings is 1. The van der Waals surface area contributed by atoms with Crippen LogP contribution in [0.15, 0.2) is 74.3 Å². The second-order valence-electron chi connectivity index (χ2n) is 7.13. The molecule has 3 aromatic heterocycles. The Morgan fingerprint density at radius 1 is 1.12 bits per heavy atom. The molecule has 2 aromatic carbocycles. The zero-order chi connectivity index (χ0) is 22.8. The second kappa shape index (κ2) is 9.17. The summed E-state index contributed by atoms with van der Waals surface area (Å²) >= 11 is 4.75. The van der Waals surface area contributed by atoms with Crippen LogP contribution in [-0.4, -0.2) is 21.2 Å². The number of ether oxygens (including phenoxy) is 1. The summed E-state index contributed by atoms with van der Waals surface area (Å²) in [5.41, 5.74) is 1.73. The number of aromatic nitrogens is 3. The van der Waals surface area contributed by atoms with Gasteiger partial charge in [-0.3, -0.25) is 4.79 Å². The number of thiazole rings is 1. The first-order valence-electron chi connectivity index (χ1n) is 10.3. The van der Waals surface area contributed by atoms with Crippen molar-refractivity contribution in [2.75, 3.05) is 6.61 Å². The van der Waals surface area contributed by atoms with Crippen LogP contribution < -0.4 is 14.8 Å². The molecule has 0 bridgehead atoms. The highest BCUT2D eigenvalue weighted by molar-refractivity contribution is 9.10. The summed E-state index contributed by atoms with van der Waals surface area (Å²) in [4.78, 5) is 17.8. The average Bonchev–Trinajstić information content (AvgIpc) is 3.51. The van der Waals surface area contributed by atoms with Crippen molar-refractivity contribution in [3.8, 4) is 17.1 Å². The van der Waals surface area contributed by atoms with Gasteiger partial charge in [0.15, 0.2) is 5.82 Å². The maximum absolute atomic E-state index is 12.8. The van der Waals surface area contributed by atoms with Crippen LogP contribution in [0.25, 0.3) is 34.5 Å². The molecule has 164 valence electrons. The van der Waals surface area contributed by atoms with Gasteiger partial charge in [0.25, 0.3) is 5.56 Å². The topological polar surface area (TPSA) is 69.6 Å². The molecule has 0 aliphatic heterocycles. The Bertz CT molecular complexity index is 1560. The van der Waals surface area contributed by atoms with Crippen molar-refractivity contribution in [2.24, 2.45) is 0 Å². The minimum absolute atomic E-state index is 0.219. The Hall–Kier alpha value is -3.49. The Morgan fingerprint density at radius 2 is 1.97 bits per heavy atom. The summed E-state index contributed by atoms with van der Waals surface area (Å²) in [5.74, 6) is 2.64. The Labute approximate surface area is 201 Å². The van der Waals surface area contributed by atoms with Crippen LogP contribution in [0.4, 0.5) is 0 Å². The lowest BCUT2D eigenvalue weighted by Crippen LogP contribution is -2.23. The average molecular weight is 520 g/mol. The van der Waals surface area contributed by atoms with E-state index in [9.17, 15) is 4.79 Å². The van der Waals surface area contributed by atoms with Gasteiger partial charge in [-0.15, -0.1) is 5.10 Å². The zero-order valence-corrected chi connectivity index (χ0v) is 20.0. The van der Waals surface area contributed by atoms with Crippen molar-refractivity contribution >= 4 is 50.5 Å². The van der Waals surface area contributed by atoms with Crippen molar-refractivity contribution in [1.82, 2.24) is 14.6 Å². The van der Waals surface area contributed by atoms with E-state index in [2.05, 4.69) is 26.0 Å². The first kappa shape index (κ1) is 21.4. The van der Waals surface area contributed by atoms with E-state index in [1.165, 1.54) is 15.9 Å². The summed E-state index contributed by atoms with van der Waals surface area (Å²) in [6.07, 6.45) is 5.41. The molecule has 0 unspecified atom stereocenters. The third-order valence-electron chi connectivity index (χ3n) is 4.82. The van der Waals surface area contributed by atoms with Crippen LogP contribution in [0.2, 0.25) is 0 Å². The molecule has 5 rings (SSSR count). The van der Waals surface area contributed by atoms with Gasteiger partial charge in [-0.05, 0) is 55.0 Å². The van der Waals surface area contributed by atoms with Gasteiger partial charge in [0.1, 0.15) is 21.8 Å². The standard InChI is InChI=1S/C25H18BrN3O3S/c1-2-31-19-9-6-16(7-10-19)8-13-23-27-25-29(28-23)24(30)22(33-25)15-20-11-12-21(32-20)17-4-3-5-18(26)14-17/h3-15H,2H2,1H3/b13-8+,22-15-. The van der Waals surface area contributed by atoms with Gasteiger partial charge in [0.2, 0.25) is 4.96 Å². The fourth-order valence-electron chi connectivity index (χ4n) is 3.29.